The van der Waals surface area contributed by atoms with Crippen LogP contribution in [0.25, 0.3) is 0 Å². The summed E-state index contributed by atoms with van der Waals surface area (Å²) < 4.78 is 6.24. The van der Waals surface area contributed by atoms with Gasteiger partial charge in [-0.15, -0.1) is 0 Å². The highest BCUT2D eigenvalue weighted by atomic mass is 16.5. The van der Waals surface area contributed by atoms with Crippen LogP contribution < -0.4 is 11.2 Å². The molecule has 3 N–H and O–H groups in total. The molecule has 0 spiro atoms. The van der Waals surface area contributed by atoms with Crippen LogP contribution >= 0.6 is 0 Å². The van der Waals surface area contributed by atoms with Crippen molar-refractivity contribution in [2.24, 2.45) is 5.73 Å². The van der Waals surface area contributed by atoms with Crippen LogP contribution in [-0.2, 0) is 14.3 Å². The van der Waals surface area contributed by atoms with E-state index in [9.17, 15) is 9.59 Å². The monoisotopic (exact) mass is 239 g/mol. The second-order valence-electron chi connectivity index (χ2n) is 3.66. The molecule has 0 bridgehead atoms. The first-order chi connectivity index (χ1) is 7.97. The van der Waals surface area contributed by atoms with Crippen molar-refractivity contribution in [1.29, 1.82) is 0 Å². The predicted molar refractivity (Wildman–Crippen MR) is 62.9 cm³/mol. The number of hydrogen-bond acceptors (Lipinski definition) is 4. The summed E-state index contributed by atoms with van der Waals surface area (Å²) in [6.07, 6.45) is 0. The van der Waals surface area contributed by atoms with Crippen LogP contribution in [0.5, 0.6) is 0 Å². The number of nitrogens with one attached hydrogen (secondary N) is 1. The Bertz CT molecular complexity index is 406. The summed E-state index contributed by atoms with van der Waals surface area (Å²) in [6.45, 7) is 5.52. The first-order valence-corrected chi connectivity index (χ1v) is 5.35. The number of carbonyl (C=O) groups excluding carboxylic acids is 2. The first kappa shape index (κ1) is 13.2. The Morgan fingerprint density at radius 1 is 1.41 bits per heavy atom. The molecule has 94 valence electrons. The Morgan fingerprint density at radius 3 is 2.41 bits per heavy atom. The van der Waals surface area contributed by atoms with Gasteiger partial charge >= 0.3 is 5.97 Å². The van der Waals surface area contributed by atoms with E-state index < -0.39 is 17.9 Å². The first-order valence-electron chi connectivity index (χ1n) is 5.35. The van der Waals surface area contributed by atoms with Crippen LogP contribution in [0.3, 0.4) is 0 Å². The van der Waals surface area contributed by atoms with Crippen LogP contribution in [0.1, 0.15) is 18.3 Å². The highest BCUT2D eigenvalue weighted by Gasteiger charge is 2.24. The highest BCUT2D eigenvalue weighted by molar-refractivity contribution is 6.05. The van der Waals surface area contributed by atoms with Crippen molar-refractivity contribution in [3.63, 3.8) is 0 Å². The Hall–Kier alpha value is -1.82. The van der Waals surface area contributed by atoms with Crippen molar-refractivity contribution in [3.8, 4) is 0 Å². The van der Waals surface area contributed by atoms with Crippen molar-refractivity contribution in [1.82, 2.24) is 4.68 Å². The maximum absolute atomic E-state index is 11.7. The number of amides is 1. The third-order valence-corrected chi connectivity index (χ3v) is 2.32. The lowest BCUT2D eigenvalue weighted by molar-refractivity contribution is -0.147. The van der Waals surface area contributed by atoms with Crippen molar-refractivity contribution in [2.75, 3.05) is 12.0 Å². The van der Waals surface area contributed by atoms with Gasteiger partial charge in [-0.05, 0) is 32.9 Å². The van der Waals surface area contributed by atoms with E-state index in [-0.39, 0.29) is 6.61 Å². The van der Waals surface area contributed by atoms with E-state index in [4.69, 9.17) is 5.73 Å². The van der Waals surface area contributed by atoms with Crippen molar-refractivity contribution in [2.45, 2.75) is 26.8 Å². The van der Waals surface area contributed by atoms with Crippen LogP contribution in [0.15, 0.2) is 12.1 Å². The summed E-state index contributed by atoms with van der Waals surface area (Å²) in [6, 6.07) is 2.40. The van der Waals surface area contributed by atoms with Crippen molar-refractivity contribution < 1.29 is 14.3 Å². The molecular weight excluding hydrogens is 222 g/mol. The summed E-state index contributed by atoms with van der Waals surface area (Å²) >= 11 is 0. The third-order valence-electron chi connectivity index (χ3n) is 2.32. The van der Waals surface area contributed by atoms with Gasteiger partial charge in [-0.2, -0.15) is 0 Å². The van der Waals surface area contributed by atoms with Gasteiger partial charge in [0.1, 0.15) is 0 Å². The van der Waals surface area contributed by atoms with E-state index in [1.165, 1.54) is 0 Å². The molecular formula is C11H17N3O3. The predicted octanol–water partition coefficient (Wildman–Crippen LogP) is 0.0654. The summed E-state index contributed by atoms with van der Waals surface area (Å²) in [7, 11) is 0. The van der Waals surface area contributed by atoms with Gasteiger partial charge in [-0.3, -0.25) is 14.9 Å². The van der Waals surface area contributed by atoms with Crippen LogP contribution in [0.2, 0.25) is 0 Å². The molecule has 6 nitrogen and oxygen atoms in total. The molecule has 0 aliphatic heterocycles. The fraction of sp³-hybridized carbons (Fsp3) is 0.455. The molecule has 0 aromatic carbocycles. The van der Waals surface area contributed by atoms with E-state index in [1.54, 1.807) is 11.6 Å². The van der Waals surface area contributed by atoms with E-state index in [1.807, 2.05) is 26.0 Å². The molecule has 1 amide bonds. The molecule has 0 saturated heterocycles. The average Bonchev–Trinajstić information content (AvgIpc) is 2.60. The highest BCUT2D eigenvalue weighted by Crippen LogP contribution is 2.04. The van der Waals surface area contributed by atoms with Crippen LogP contribution in [0.4, 0.5) is 0 Å². The van der Waals surface area contributed by atoms with Gasteiger partial charge in [0.2, 0.25) is 0 Å². The third kappa shape index (κ3) is 3.07. The Morgan fingerprint density at radius 2 is 1.94 bits per heavy atom. The number of nitrogens with zero attached hydrogens (tertiary/aromatic N) is 1. The number of ether oxygens (including phenoxy) is 1. The minimum Gasteiger partial charge on any atom is -0.464 e. The molecule has 6 heteroatoms. The number of carbonyl (C=O) groups is 2. The molecule has 0 saturated carbocycles. The zero-order chi connectivity index (χ0) is 13.0. The molecule has 1 atom stereocenters. The number of esters is 1. The van der Waals surface area contributed by atoms with Crippen molar-refractivity contribution >= 4 is 11.9 Å². The number of aromatic nitrogens is 1. The number of nitrogens with two attached hydrogens (primary N) is 1. The maximum atomic E-state index is 11.7. The maximum Gasteiger partial charge on any atom is 0.332 e. The molecule has 0 radical (unpaired) electrons. The van der Waals surface area contributed by atoms with E-state index >= 15 is 0 Å². The van der Waals surface area contributed by atoms with Gasteiger partial charge in [0, 0.05) is 11.4 Å². The van der Waals surface area contributed by atoms with Crippen LogP contribution in [0, 0.1) is 13.8 Å². The lowest BCUT2D eigenvalue weighted by Crippen LogP contribution is -2.46. The Kier molecular flexibility index (Phi) is 4.28. The Balaban J connectivity index is 2.70. The summed E-state index contributed by atoms with van der Waals surface area (Å²) in [5.41, 5.74) is 9.72. The second-order valence-corrected chi connectivity index (χ2v) is 3.66. The zero-order valence-corrected chi connectivity index (χ0v) is 10.2. The van der Waals surface area contributed by atoms with Crippen molar-refractivity contribution in [3.05, 3.63) is 23.5 Å². The van der Waals surface area contributed by atoms with Gasteiger partial charge in [0.15, 0.2) is 6.04 Å². The minimum absolute atomic E-state index is 0.196. The topological polar surface area (TPSA) is 86.3 Å². The molecule has 0 aliphatic rings. The SMILES string of the molecule is CCOC(=O)C(N)C(=O)Nn1c(C)ccc1C. The van der Waals surface area contributed by atoms with Gasteiger partial charge in [-0.25, -0.2) is 4.79 Å². The van der Waals surface area contributed by atoms with Crippen LogP contribution in [-0.4, -0.2) is 29.2 Å². The molecule has 1 unspecified atom stereocenters. The second kappa shape index (κ2) is 5.49. The summed E-state index contributed by atoms with van der Waals surface area (Å²) in [5.74, 6) is -1.32. The zero-order valence-electron chi connectivity index (χ0n) is 10.2. The minimum atomic E-state index is -1.31. The fourth-order valence-corrected chi connectivity index (χ4v) is 1.36. The molecule has 1 aromatic heterocycles. The molecule has 1 heterocycles. The lowest BCUT2D eigenvalue weighted by atomic mass is 10.3. The molecule has 1 rings (SSSR count). The lowest BCUT2D eigenvalue weighted by Gasteiger charge is -2.14. The summed E-state index contributed by atoms with van der Waals surface area (Å²) in [4.78, 5) is 22.9. The Labute approximate surface area is 99.7 Å². The molecule has 1 aromatic rings. The standard InChI is InChI=1S/C11H17N3O3/c1-4-17-11(16)9(12)10(15)13-14-7(2)5-6-8(14)3/h5-6,9H,4,12H2,1-3H3,(H,13,15). The quantitative estimate of drug-likeness (QED) is 0.575. The molecule has 17 heavy (non-hydrogen) atoms. The summed E-state index contributed by atoms with van der Waals surface area (Å²) in [5, 5.41) is 0. The molecule has 0 fully saturated rings. The van der Waals surface area contributed by atoms with E-state index in [0.29, 0.717) is 0 Å². The van der Waals surface area contributed by atoms with Gasteiger partial charge in [-0.1, -0.05) is 0 Å². The normalized spacial score (nSPS) is 12.0. The van der Waals surface area contributed by atoms with Gasteiger partial charge in [0.25, 0.3) is 5.91 Å². The fourth-order valence-electron chi connectivity index (χ4n) is 1.36. The number of rotatable bonds is 4. The molecule has 0 aliphatic carbocycles. The number of hydrogen-bond donors (Lipinski definition) is 2. The number of aryl methyl sites for hydroxylation is 2. The van der Waals surface area contributed by atoms with Gasteiger partial charge in [0.05, 0.1) is 6.61 Å². The van der Waals surface area contributed by atoms with E-state index in [0.717, 1.165) is 11.4 Å². The van der Waals surface area contributed by atoms with E-state index in [2.05, 4.69) is 10.2 Å². The average molecular weight is 239 g/mol. The van der Waals surface area contributed by atoms with Gasteiger partial charge < -0.3 is 10.5 Å². The largest absolute Gasteiger partial charge is 0.464 e. The smallest absolute Gasteiger partial charge is 0.332 e.